The van der Waals surface area contributed by atoms with E-state index in [1.165, 1.54) is 0 Å². The Morgan fingerprint density at radius 2 is 1.83 bits per heavy atom. The van der Waals surface area contributed by atoms with E-state index in [1.807, 2.05) is 47.6 Å². The van der Waals surface area contributed by atoms with Gasteiger partial charge in [-0.25, -0.2) is 18.1 Å². The van der Waals surface area contributed by atoms with Gasteiger partial charge in [0.2, 0.25) is 0 Å². The zero-order chi connectivity index (χ0) is 22.5. The molecule has 1 aromatic rings. The summed E-state index contributed by atoms with van der Waals surface area (Å²) in [5.41, 5.74) is 1.19. The highest BCUT2D eigenvalue weighted by Crippen LogP contribution is 2.53. The molecular weight excluding hydrogens is 471 g/mol. The van der Waals surface area contributed by atoms with Crippen molar-refractivity contribution < 1.29 is 18.1 Å². The van der Waals surface area contributed by atoms with Crippen molar-refractivity contribution in [2.45, 2.75) is 77.2 Å². The van der Waals surface area contributed by atoms with Gasteiger partial charge in [0.25, 0.3) is 0 Å². The second-order valence-electron chi connectivity index (χ2n) is 10.4. The molecule has 2 atom stereocenters. The third-order valence-corrected chi connectivity index (χ3v) is 8.01. The zero-order valence-corrected chi connectivity index (χ0v) is 21.0. The predicted octanol–water partition coefficient (Wildman–Crippen LogP) is 5.25. The Balaban J connectivity index is 1.86. The van der Waals surface area contributed by atoms with Crippen LogP contribution in [-0.4, -0.2) is 38.6 Å². The van der Waals surface area contributed by atoms with E-state index in [0.717, 1.165) is 24.0 Å². The van der Waals surface area contributed by atoms with Crippen molar-refractivity contribution in [2.24, 2.45) is 5.41 Å². The fraction of sp³-hybridized carbons (Fsp3) is 0.682. The molecule has 1 fully saturated rings. The van der Waals surface area contributed by atoms with Crippen LogP contribution in [0, 0.1) is 11.2 Å². The summed E-state index contributed by atoms with van der Waals surface area (Å²) in [4.78, 5) is 14.2. The number of ether oxygens (including phenoxy) is 1. The molecule has 1 aromatic carbocycles. The highest BCUT2D eigenvalue weighted by molar-refractivity contribution is 9.10. The van der Waals surface area contributed by atoms with Gasteiger partial charge in [0.1, 0.15) is 11.4 Å². The average molecular weight is 503 g/mol. The first-order chi connectivity index (χ1) is 13.7. The molecule has 1 aliphatic carbocycles. The number of nitrogens with one attached hydrogen (secondary N) is 1. The summed E-state index contributed by atoms with van der Waals surface area (Å²) in [6.07, 6.45) is 1.87. The van der Waals surface area contributed by atoms with E-state index in [2.05, 4.69) is 20.7 Å². The van der Waals surface area contributed by atoms with Gasteiger partial charge in [-0.3, -0.25) is 0 Å². The van der Waals surface area contributed by atoms with E-state index in [1.54, 1.807) is 11.0 Å². The molecule has 0 aromatic heterocycles. The summed E-state index contributed by atoms with van der Waals surface area (Å²) >= 11 is 3.30. The number of piperidine rings is 1. The topological polar surface area (TPSA) is 58.6 Å². The zero-order valence-electron chi connectivity index (χ0n) is 18.6. The fourth-order valence-electron chi connectivity index (χ4n) is 4.24. The Bertz CT molecular complexity index is 855. The van der Waals surface area contributed by atoms with Crippen molar-refractivity contribution in [3.05, 3.63) is 33.5 Å². The quantitative estimate of drug-likeness (QED) is 0.600. The number of carbonyl (C=O) groups excluding carboxylic acids is 1. The summed E-state index contributed by atoms with van der Waals surface area (Å²) in [7, 11) is -1.27. The van der Waals surface area contributed by atoms with Gasteiger partial charge in [0.05, 0.1) is 26.2 Å². The van der Waals surface area contributed by atoms with Gasteiger partial charge in [0, 0.05) is 13.1 Å². The van der Waals surface area contributed by atoms with Crippen molar-refractivity contribution in [3.63, 3.8) is 0 Å². The molecule has 0 radical (unpaired) electrons. The number of nitrogens with zero attached hydrogens (tertiary/aromatic N) is 1. The van der Waals surface area contributed by atoms with Crippen molar-refractivity contribution in [1.29, 1.82) is 0 Å². The minimum absolute atomic E-state index is 0.162. The van der Waals surface area contributed by atoms with Crippen molar-refractivity contribution in [2.75, 3.05) is 13.1 Å². The lowest BCUT2D eigenvalue weighted by atomic mass is 9.73. The van der Waals surface area contributed by atoms with Crippen LogP contribution >= 0.6 is 15.9 Å². The van der Waals surface area contributed by atoms with Gasteiger partial charge < -0.3 is 9.64 Å². The molecule has 2 unspecified atom stereocenters. The van der Waals surface area contributed by atoms with E-state index in [4.69, 9.17) is 4.74 Å². The Labute approximate surface area is 189 Å². The molecule has 8 heteroatoms. The summed E-state index contributed by atoms with van der Waals surface area (Å²) < 4.78 is 36.1. The molecular formula is C22H32BrFN2O3S. The molecule has 168 valence electrons. The summed E-state index contributed by atoms with van der Waals surface area (Å²) in [6, 6.07) is 3.24. The molecule has 1 heterocycles. The second-order valence-corrected chi connectivity index (χ2v) is 13.3. The lowest BCUT2D eigenvalue weighted by molar-refractivity contribution is 0.00724. The number of rotatable bonds is 2. The SMILES string of the molecule is CC(C)(C)OC(=O)N1CCC2(CC1)Cc1cc(F)c(Br)cc1C2NS(=O)C(C)(C)C. The lowest BCUT2D eigenvalue weighted by Crippen LogP contribution is -2.49. The number of hydrogen-bond donors (Lipinski definition) is 1. The van der Waals surface area contributed by atoms with E-state index < -0.39 is 21.3 Å². The van der Waals surface area contributed by atoms with E-state index in [-0.39, 0.29) is 23.4 Å². The molecule has 1 saturated heterocycles. The summed E-state index contributed by atoms with van der Waals surface area (Å²) in [6.45, 7) is 12.5. The highest BCUT2D eigenvalue weighted by Gasteiger charge is 2.50. The monoisotopic (exact) mass is 502 g/mol. The van der Waals surface area contributed by atoms with Gasteiger partial charge in [-0.05, 0) is 105 Å². The summed E-state index contributed by atoms with van der Waals surface area (Å²) in [5.74, 6) is -0.285. The van der Waals surface area contributed by atoms with Crippen LogP contribution in [0.15, 0.2) is 16.6 Å². The Morgan fingerprint density at radius 3 is 2.37 bits per heavy atom. The maximum Gasteiger partial charge on any atom is 0.410 e. The normalized spacial score (nSPS) is 22.1. The number of carbonyl (C=O) groups is 1. The van der Waals surface area contributed by atoms with E-state index in [0.29, 0.717) is 24.0 Å². The lowest BCUT2D eigenvalue weighted by Gasteiger charge is -2.44. The number of hydrogen-bond acceptors (Lipinski definition) is 3. The van der Waals surface area contributed by atoms with E-state index >= 15 is 0 Å². The van der Waals surface area contributed by atoms with Crippen LogP contribution in [-0.2, 0) is 22.1 Å². The third-order valence-electron chi connectivity index (χ3n) is 5.84. The Kier molecular flexibility index (Phi) is 6.45. The van der Waals surface area contributed by atoms with Gasteiger partial charge in [-0.1, -0.05) is 0 Å². The highest BCUT2D eigenvalue weighted by atomic mass is 79.9. The third kappa shape index (κ3) is 4.91. The van der Waals surface area contributed by atoms with Crippen LogP contribution in [0.5, 0.6) is 0 Å². The fourth-order valence-corrected chi connectivity index (χ4v) is 5.54. The molecule has 1 amide bonds. The molecule has 2 aliphatic rings. The average Bonchev–Trinajstić information content (AvgIpc) is 2.86. The van der Waals surface area contributed by atoms with Crippen molar-refractivity contribution >= 4 is 33.0 Å². The van der Waals surface area contributed by atoms with Crippen LogP contribution < -0.4 is 4.72 Å². The first-order valence-electron chi connectivity index (χ1n) is 10.4. The standard InChI is InChI=1S/C22H32BrFN2O3S/c1-20(2,3)29-19(27)26-9-7-22(8-10-26)13-14-11-17(24)16(23)12-15(14)18(22)25-30(28)21(4,5)6/h11-12,18,25H,7-10,13H2,1-6H3. The largest absolute Gasteiger partial charge is 0.444 e. The minimum Gasteiger partial charge on any atom is -0.444 e. The molecule has 0 bridgehead atoms. The molecule has 0 saturated carbocycles. The smallest absolute Gasteiger partial charge is 0.410 e. The van der Waals surface area contributed by atoms with E-state index in [9.17, 15) is 13.4 Å². The number of fused-ring (bicyclic) bond motifs is 1. The molecule has 30 heavy (non-hydrogen) atoms. The Hall–Kier alpha value is -0.990. The molecule has 1 spiro atoms. The molecule has 5 nitrogen and oxygen atoms in total. The van der Waals surface area contributed by atoms with Gasteiger partial charge >= 0.3 is 6.09 Å². The molecule has 1 aliphatic heterocycles. The maximum absolute atomic E-state index is 14.2. The minimum atomic E-state index is -1.27. The van der Waals surface area contributed by atoms with Gasteiger partial charge in [0.15, 0.2) is 0 Å². The van der Waals surface area contributed by atoms with Gasteiger partial charge in [-0.2, -0.15) is 0 Å². The van der Waals surface area contributed by atoms with Crippen molar-refractivity contribution in [3.8, 4) is 0 Å². The number of halogens is 2. The van der Waals surface area contributed by atoms with Crippen molar-refractivity contribution in [1.82, 2.24) is 9.62 Å². The summed E-state index contributed by atoms with van der Waals surface area (Å²) in [5, 5.41) is 0. The van der Waals surface area contributed by atoms with Crippen LogP contribution in [0.25, 0.3) is 0 Å². The number of likely N-dealkylation sites (tertiary alicyclic amines) is 1. The maximum atomic E-state index is 14.2. The second kappa shape index (κ2) is 8.17. The van der Waals surface area contributed by atoms with Crippen LogP contribution in [0.2, 0.25) is 0 Å². The van der Waals surface area contributed by atoms with Crippen LogP contribution in [0.1, 0.15) is 71.6 Å². The first kappa shape index (κ1) is 23.7. The first-order valence-corrected chi connectivity index (χ1v) is 12.3. The number of benzene rings is 1. The predicted molar refractivity (Wildman–Crippen MR) is 121 cm³/mol. The number of amides is 1. The van der Waals surface area contributed by atoms with Gasteiger partial charge in [-0.15, -0.1) is 0 Å². The molecule has 1 N–H and O–H groups in total. The Morgan fingerprint density at radius 1 is 1.23 bits per heavy atom. The van der Waals surface area contributed by atoms with Crippen LogP contribution in [0.3, 0.4) is 0 Å². The van der Waals surface area contributed by atoms with Crippen LogP contribution in [0.4, 0.5) is 9.18 Å². The molecule has 3 rings (SSSR count).